The molecule has 0 spiro atoms. The molecule has 0 amide bonds. The van der Waals surface area contributed by atoms with Crippen molar-refractivity contribution in [2.24, 2.45) is 10.9 Å². The average Bonchev–Trinajstić information content (AvgIpc) is 2.70. The van der Waals surface area contributed by atoms with Gasteiger partial charge in [0.25, 0.3) is 0 Å². The lowest BCUT2D eigenvalue weighted by molar-refractivity contribution is 0.0625. The van der Waals surface area contributed by atoms with E-state index in [2.05, 4.69) is 15.2 Å². The number of sulfone groups is 1. The Hall–Kier alpha value is -1.60. The largest absolute Gasteiger partial charge is 0.381 e. The topological polar surface area (TPSA) is 71.0 Å². The minimum atomic E-state index is -3.33. The third kappa shape index (κ3) is 6.81. The predicted molar refractivity (Wildman–Crippen MR) is 110 cm³/mol. The van der Waals surface area contributed by atoms with Gasteiger partial charge in [0.1, 0.15) is 0 Å². The lowest BCUT2D eigenvalue weighted by Crippen LogP contribution is -2.47. The van der Waals surface area contributed by atoms with E-state index in [9.17, 15) is 8.42 Å². The molecule has 0 radical (unpaired) electrons. The summed E-state index contributed by atoms with van der Waals surface area (Å²) in [4.78, 5) is 6.81. The fraction of sp³-hybridized carbons (Fsp3) is 0.650. The van der Waals surface area contributed by atoms with Crippen molar-refractivity contribution >= 4 is 15.8 Å². The number of ether oxygens (including phenoxy) is 1. The molecule has 1 fully saturated rings. The van der Waals surface area contributed by atoms with Crippen LogP contribution in [0.25, 0.3) is 0 Å². The number of aliphatic imine (C=N–C) groups is 1. The van der Waals surface area contributed by atoms with E-state index in [1.165, 1.54) is 0 Å². The standard InChI is InChI=1S/C20H33N3O3S/c1-4-18(16-27(24,25)19-8-6-5-7-9-19)22-20(21-2)23(3)13-10-17-11-14-26-15-12-17/h5-9,17-18H,4,10-16H2,1-3H3,(H,21,22). The predicted octanol–water partition coefficient (Wildman–Crippen LogP) is 2.56. The summed E-state index contributed by atoms with van der Waals surface area (Å²) >= 11 is 0. The molecule has 0 saturated carbocycles. The van der Waals surface area contributed by atoms with Crippen molar-refractivity contribution in [1.29, 1.82) is 0 Å². The molecule has 1 unspecified atom stereocenters. The highest BCUT2D eigenvalue weighted by Gasteiger charge is 2.22. The van der Waals surface area contributed by atoms with Crippen LogP contribution in [-0.2, 0) is 14.6 Å². The van der Waals surface area contributed by atoms with E-state index < -0.39 is 9.84 Å². The summed E-state index contributed by atoms with van der Waals surface area (Å²) in [7, 11) is 0.418. The number of rotatable bonds is 8. The summed E-state index contributed by atoms with van der Waals surface area (Å²) in [5.74, 6) is 1.50. The average molecular weight is 396 g/mol. The zero-order chi connectivity index (χ0) is 19.7. The molecule has 1 aliphatic rings. The van der Waals surface area contributed by atoms with Crippen LogP contribution in [0.2, 0.25) is 0 Å². The molecular weight excluding hydrogens is 362 g/mol. The number of hydrogen-bond donors (Lipinski definition) is 1. The highest BCUT2D eigenvalue weighted by Crippen LogP contribution is 2.18. The van der Waals surface area contributed by atoms with Crippen LogP contribution >= 0.6 is 0 Å². The van der Waals surface area contributed by atoms with Crippen LogP contribution in [0.4, 0.5) is 0 Å². The third-order valence-corrected chi connectivity index (χ3v) is 6.97. The smallest absolute Gasteiger partial charge is 0.193 e. The van der Waals surface area contributed by atoms with Crippen molar-refractivity contribution in [1.82, 2.24) is 10.2 Å². The number of nitrogens with zero attached hydrogens (tertiary/aromatic N) is 2. The Labute approximate surface area is 163 Å². The van der Waals surface area contributed by atoms with Gasteiger partial charge >= 0.3 is 0 Å². The van der Waals surface area contributed by atoms with E-state index >= 15 is 0 Å². The molecule has 1 saturated heterocycles. The van der Waals surface area contributed by atoms with Gasteiger partial charge in [-0.3, -0.25) is 4.99 Å². The fourth-order valence-corrected chi connectivity index (χ4v) is 4.91. The molecule has 0 bridgehead atoms. The Morgan fingerprint density at radius 3 is 2.56 bits per heavy atom. The minimum absolute atomic E-state index is 0.0559. The first-order valence-corrected chi connectivity index (χ1v) is 11.4. The van der Waals surface area contributed by atoms with Crippen LogP contribution in [0.1, 0.15) is 32.6 Å². The molecule has 7 heteroatoms. The summed E-state index contributed by atoms with van der Waals surface area (Å²) in [6.45, 7) is 4.60. The van der Waals surface area contributed by atoms with E-state index in [1.54, 1.807) is 31.3 Å². The van der Waals surface area contributed by atoms with Crippen LogP contribution in [0, 0.1) is 5.92 Å². The molecule has 1 N–H and O–H groups in total. The Morgan fingerprint density at radius 1 is 1.30 bits per heavy atom. The van der Waals surface area contributed by atoms with Gasteiger partial charge in [0.15, 0.2) is 15.8 Å². The van der Waals surface area contributed by atoms with Gasteiger partial charge < -0.3 is 15.0 Å². The molecule has 27 heavy (non-hydrogen) atoms. The molecule has 0 aliphatic carbocycles. The van der Waals surface area contributed by atoms with E-state index in [0.717, 1.165) is 45.0 Å². The fourth-order valence-electron chi connectivity index (χ4n) is 3.30. The number of hydrogen-bond acceptors (Lipinski definition) is 4. The minimum Gasteiger partial charge on any atom is -0.381 e. The number of benzene rings is 1. The van der Waals surface area contributed by atoms with E-state index in [0.29, 0.717) is 17.2 Å². The molecule has 1 aromatic rings. The van der Waals surface area contributed by atoms with Crippen molar-refractivity contribution in [3.8, 4) is 0 Å². The second-order valence-electron chi connectivity index (χ2n) is 7.16. The molecule has 152 valence electrons. The summed E-state index contributed by atoms with van der Waals surface area (Å²) in [6.07, 6.45) is 4.04. The first-order valence-electron chi connectivity index (χ1n) is 9.76. The van der Waals surface area contributed by atoms with Crippen molar-refractivity contribution in [2.45, 2.75) is 43.5 Å². The SMILES string of the molecule is CCC(CS(=O)(=O)c1ccccc1)NC(=NC)N(C)CCC1CCOCC1. The first kappa shape index (κ1) is 21.7. The van der Waals surface area contributed by atoms with Gasteiger partial charge in [0.05, 0.1) is 10.6 Å². The van der Waals surface area contributed by atoms with Crippen molar-refractivity contribution < 1.29 is 13.2 Å². The van der Waals surface area contributed by atoms with Crippen molar-refractivity contribution in [3.05, 3.63) is 30.3 Å². The third-order valence-electron chi connectivity index (χ3n) is 5.14. The quantitative estimate of drug-likeness (QED) is 0.541. The number of nitrogens with one attached hydrogen (secondary N) is 1. The molecule has 2 rings (SSSR count). The van der Waals surface area contributed by atoms with E-state index in [-0.39, 0.29) is 11.8 Å². The molecule has 1 aliphatic heterocycles. The second kappa shape index (κ2) is 10.7. The summed E-state index contributed by atoms with van der Waals surface area (Å²) < 4.78 is 30.8. The zero-order valence-corrected chi connectivity index (χ0v) is 17.5. The van der Waals surface area contributed by atoms with Gasteiger partial charge in [-0.2, -0.15) is 0 Å². The monoisotopic (exact) mass is 395 g/mol. The zero-order valence-electron chi connectivity index (χ0n) is 16.7. The Morgan fingerprint density at radius 2 is 1.96 bits per heavy atom. The summed E-state index contributed by atoms with van der Waals surface area (Å²) in [5.41, 5.74) is 0. The Bertz CT molecular complexity index is 686. The van der Waals surface area contributed by atoms with Gasteiger partial charge in [-0.25, -0.2) is 8.42 Å². The van der Waals surface area contributed by atoms with Crippen LogP contribution in [0.5, 0.6) is 0 Å². The molecular formula is C20H33N3O3S. The number of guanidine groups is 1. The van der Waals surface area contributed by atoms with Gasteiger partial charge in [0.2, 0.25) is 0 Å². The summed E-state index contributed by atoms with van der Waals surface area (Å²) in [5, 5.41) is 3.34. The lowest BCUT2D eigenvalue weighted by Gasteiger charge is -2.29. The Kier molecular flexibility index (Phi) is 8.57. The molecule has 6 nitrogen and oxygen atoms in total. The maximum Gasteiger partial charge on any atom is 0.193 e. The van der Waals surface area contributed by atoms with Crippen LogP contribution < -0.4 is 5.32 Å². The van der Waals surface area contributed by atoms with Gasteiger partial charge in [-0.05, 0) is 43.7 Å². The van der Waals surface area contributed by atoms with E-state index in [1.807, 2.05) is 20.0 Å². The Balaban J connectivity index is 1.92. The van der Waals surface area contributed by atoms with Gasteiger partial charge in [-0.1, -0.05) is 25.1 Å². The first-order chi connectivity index (χ1) is 13.0. The normalized spacial score (nSPS) is 17.5. The second-order valence-corrected chi connectivity index (χ2v) is 9.19. The van der Waals surface area contributed by atoms with Crippen molar-refractivity contribution in [2.75, 3.05) is 39.6 Å². The van der Waals surface area contributed by atoms with Crippen molar-refractivity contribution in [3.63, 3.8) is 0 Å². The maximum atomic E-state index is 12.7. The molecule has 0 aromatic heterocycles. The van der Waals surface area contributed by atoms with Crippen LogP contribution in [0.15, 0.2) is 40.2 Å². The van der Waals surface area contributed by atoms with Crippen LogP contribution in [-0.4, -0.2) is 64.9 Å². The van der Waals surface area contributed by atoms with Gasteiger partial charge in [0, 0.05) is 39.9 Å². The maximum absolute atomic E-state index is 12.7. The lowest BCUT2D eigenvalue weighted by atomic mass is 9.96. The summed E-state index contributed by atoms with van der Waals surface area (Å²) in [6, 6.07) is 8.45. The van der Waals surface area contributed by atoms with E-state index in [4.69, 9.17) is 4.74 Å². The highest BCUT2D eigenvalue weighted by molar-refractivity contribution is 7.91. The molecule has 1 aromatic carbocycles. The van der Waals surface area contributed by atoms with Crippen LogP contribution in [0.3, 0.4) is 0 Å². The molecule has 1 heterocycles. The van der Waals surface area contributed by atoms with Gasteiger partial charge in [-0.15, -0.1) is 0 Å². The highest BCUT2D eigenvalue weighted by atomic mass is 32.2. The molecule has 1 atom stereocenters.